The zero-order valence-corrected chi connectivity index (χ0v) is 60.3. The third-order valence-electron chi connectivity index (χ3n) is 16.8. The molecule has 105 heavy (non-hydrogen) atoms. The van der Waals surface area contributed by atoms with Crippen LogP contribution in [-0.2, 0) is 16.0 Å². The van der Waals surface area contributed by atoms with Gasteiger partial charge in [0, 0.05) is 44.5 Å². The molecule has 0 amide bonds. The molecule has 11 aromatic carbocycles. The lowest BCUT2D eigenvalue weighted by Crippen LogP contribution is -2.09. The van der Waals surface area contributed by atoms with Gasteiger partial charge in [0.15, 0.2) is 81.3 Å². The van der Waals surface area contributed by atoms with Crippen LogP contribution < -0.4 is 0 Å². The number of para-hydroxylation sites is 1. The highest BCUT2D eigenvalue weighted by molar-refractivity contribution is 7.91. The molecule has 0 spiro atoms. The van der Waals surface area contributed by atoms with Crippen molar-refractivity contribution in [3.8, 4) is 33.4 Å². The number of aryl methyl sites for hydroxylation is 9. The molecule has 0 aliphatic rings. The van der Waals surface area contributed by atoms with Crippen molar-refractivity contribution in [1.82, 2.24) is 8.75 Å². The van der Waals surface area contributed by atoms with E-state index in [2.05, 4.69) is 39.6 Å². The lowest BCUT2D eigenvalue weighted by Gasteiger charge is -2.13. The number of hydrogen-bond acceptors (Lipinski definition) is 6. The predicted molar refractivity (Wildman–Crippen MR) is 380 cm³/mol. The molecule has 1 aromatic heterocycles. The van der Waals surface area contributed by atoms with Gasteiger partial charge in [-0.2, -0.15) is 21.9 Å². The molecule has 12 rings (SSSR count). The summed E-state index contributed by atoms with van der Waals surface area (Å²) in [4.78, 5) is 16.2. The van der Waals surface area contributed by atoms with Gasteiger partial charge >= 0.3 is 6.18 Å². The summed E-state index contributed by atoms with van der Waals surface area (Å²) in [7, 11) is -3.37. The van der Waals surface area contributed by atoms with Crippen LogP contribution in [0.3, 0.4) is 0 Å². The standard InChI is InChI=1S/C22H17F3N2S.C15H14O.C14H6F8.C14H14O2S.C9H9N.C8H6F4/c1-12-4-6-15(10-14(12)3)17-8-9-18(21-20(17)26-28-27-21)16-7-5-13(2)19(11-16)22(23,24)25;1-11-3-7-13(8-4-11)15(16)14-9-5-12(2)6-10-14;1-3-7(15)11(19)5(12(20)8(3)16)6-13(21)9(17)4(2)10(18)14(6)22;1-11-3-7-13(8-4-11)17(15,16)14-9-5-12(2)6-10-14;1-7-5-4-6-8(2)9(7)10-3;1-3-5(9)7(11)4(2)8(12)6(3)10/h4-11H,1-3H3;3-10H,1-2H3;1-2H3;3-10H,1-2H3;4-6H,1-2H3;1-2H3. The van der Waals surface area contributed by atoms with Crippen molar-refractivity contribution >= 4 is 44.1 Å². The van der Waals surface area contributed by atoms with Crippen LogP contribution >= 0.6 is 11.7 Å². The van der Waals surface area contributed by atoms with Gasteiger partial charge in [0.1, 0.15) is 11.0 Å². The maximum atomic E-state index is 13.8. The monoisotopic (exact) mass is 1490 g/mol. The van der Waals surface area contributed by atoms with Gasteiger partial charge in [0.05, 0.1) is 44.8 Å². The molecule has 0 saturated heterocycles. The summed E-state index contributed by atoms with van der Waals surface area (Å²) in [5, 5.41) is 0. The fourth-order valence-electron chi connectivity index (χ4n) is 10.2. The number of alkyl halides is 3. The lowest BCUT2D eigenvalue weighted by atomic mass is 9.94. The van der Waals surface area contributed by atoms with Crippen LogP contribution in [0.15, 0.2) is 174 Å². The van der Waals surface area contributed by atoms with E-state index in [9.17, 15) is 79.1 Å². The second kappa shape index (κ2) is 34.3. The van der Waals surface area contributed by atoms with Gasteiger partial charge in [-0.05, 0) is 159 Å². The molecule has 0 fully saturated rings. The third kappa shape index (κ3) is 18.6. The normalized spacial score (nSPS) is 11.0. The molecular formula is C82H66F15N3O3S2. The molecule has 0 aliphatic carbocycles. The van der Waals surface area contributed by atoms with E-state index < -0.39 is 125 Å². The Bertz CT molecular complexity index is 5040. The summed E-state index contributed by atoms with van der Waals surface area (Å²) in [5.41, 5.74) is 8.10. The topological polar surface area (TPSA) is 81.4 Å². The predicted octanol–water partition coefficient (Wildman–Crippen LogP) is 24.4. The molecule has 23 heteroatoms. The highest BCUT2D eigenvalue weighted by atomic mass is 32.2. The lowest BCUT2D eigenvalue weighted by molar-refractivity contribution is -0.138. The van der Waals surface area contributed by atoms with Crippen LogP contribution in [0.1, 0.15) is 93.8 Å². The van der Waals surface area contributed by atoms with Crippen LogP contribution in [0.25, 0.3) is 49.3 Å². The molecule has 0 N–H and O–H groups in total. The molecule has 544 valence electrons. The van der Waals surface area contributed by atoms with Crippen LogP contribution in [0.2, 0.25) is 0 Å². The maximum absolute atomic E-state index is 13.8. The van der Waals surface area contributed by atoms with E-state index in [4.69, 9.17) is 6.57 Å². The van der Waals surface area contributed by atoms with Gasteiger partial charge in [0.25, 0.3) is 0 Å². The van der Waals surface area contributed by atoms with Crippen molar-refractivity contribution in [3.63, 3.8) is 0 Å². The Balaban J connectivity index is 0.000000182. The number of sulfone groups is 1. The van der Waals surface area contributed by atoms with Crippen molar-refractivity contribution < 1.29 is 79.1 Å². The summed E-state index contributed by atoms with van der Waals surface area (Å²) in [6, 6.07) is 49.3. The number of aromatic nitrogens is 2. The first-order valence-corrected chi connectivity index (χ1v) is 33.9. The molecule has 0 aliphatic heterocycles. The number of rotatable bonds is 7. The van der Waals surface area contributed by atoms with E-state index >= 15 is 0 Å². The van der Waals surface area contributed by atoms with Gasteiger partial charge in [-0.3, -0.25) is 4.79 Å². The molecule has 0 radical (unpaired) electrons. The van der Waals surface area contributed by atoms with Gasteiger partial charge in [0.2, 0.25) is 9.84 Å². The molecule has 1 heterocycles. The molecule has 0 unspecified atom stereocenters. The highest BCUT2D eigenvalue weighted by Gasteiger charge is 2.34. The SMILES string of the molecule is Cc1c(F)c(F)c(-c2c(F)c(F)c(C)c(F)c2F)c(F)c1F.Cc1c(F)c(F)c(C)c(F)c1F.Cc1ccc(-c2ccc(-c3ccc(C)c(C(F)(F)F)c3)c3nsnc23)cc1C.Cc1ccc(C(=O)c2ccc(C)cc2)cc1.Cc1ccc(S(=O)(=O)c2ccc(C)cc2)cc1.[C-]#[N+]c1c(C)cccc1C. The van der Waals surface area contributed by atoms with E-state index in [0.29, 0.717) is 45.8 Å². The first-order valence-electron chi connectivity index (χ1n) is 31.7. The first-order chi connectivity index (χ1) is 49.2. The van der Waals surface area contributed by atoms with E-state index in [1.54, 1.807) is 54.6 Å². The number of carbonyl (C=O) groups excluding carboxylic acids is 1. The van der Waals surface area contributed by atoms with Gasteiger partial charge < -0.3 is 0 Å². The molecule has 12 aromatic rings. The minimum atomic E-state index is -4.39. The maximum Gasteiger partial charge on any atom is 0.416 e. The number of ketones is 1. The number of carbonyl (C=O) groups is 1. The highest BCUT2D eigenvalue weighted by Crippen LogP contribution is 2.41. The Hall–Kier alpha value is -10.7. The summed E-state index contributed by atoms with van der Waals surface area (Å²) in [6.07, 6.45) is -4.39. The van der Waals surface area contributed by atoms with Gasteiger partial charge in [-0.25, -0.2) is 65.9 Å². The van der Waals surface area contributed by atoms with E-state index in [0.717, 1.165) is 75.8 Å². The van der Waals surface area contributed by atoms with Crippen molar-refractivity contribution in [2.75, 3.05) is 0 Å². The second-order valence-corrected chi connectivity index (χ2v) is 27.0. The van der Waals surface area contributed by atoms with Crippen LogP contribution in [0.5, 0.6) is 0 Å². The number of fused-ring (bicyclic) bond motifs is 1. The van der Waals surface area contributed by atoms with Crippen LogP contribution in [-0.4, -0.2) is 22.9 Å². The average Bonchev–Trinajstić information content (AvgIpc) is 0.997. The zero-order chi connectivity index (χ0) is 78.0. The number of halogens is 15. The van der Waals surface area contributed by atoms with E-state index in [-0.39, 0.29) is 11.3 Å². The van der Waals surface area contributed by atoms with Crippen molar-refractivity contribution in [2.45, 2.75) is 106 Å². The fourth-order valence-corrected chi connectivity index (χ4v) is 12.1. The zero-order valence-electron chi connectivity index (χ0n) is 58.6. The third-order valence-corrected chi connectivity index (χ3v) is 19.2. The van der Waals surface area contributed by atoms with Crippen molar-refractivity contribution in [3.05, 3.63) is 334 Å². The van der Waals surface area contributed by atoms with Crippen molar-refractivity contribution in [2.24, 2.45) is 0 Å². The Kier molecular flexibility index (Phi) is 26.6. The Labute approximate surface area is 602 Å². The van der Waals surface area contributed by atoms with E-state index in [1.165, 1.54) is 41.3 Å². The smallest absolute Gasteiger partial charge is 0.289 e. The minimum Gasteiger partial charge on any atom is -0.289 e. The molecule has 6 nitrogen and oxygen atoms in total. The average molecular weight is 1490 g/mol. The van der Waals surface area contributed by atoms with Gasteiger partial charge in [-0.1, -0.05) is 156 Å². The largest absolute Gasteiger partial charge is 0.416 e. The summed E-state index contributed by atoms with van der Waals surface area (Å²) in [6.45, 7) is 27.6. The van der Waals surface area contributed by atoms with Crippen LogP contribution in [0.4, 0.5) is 71.5 Å². The second-order valence-electron chi connectivity index (χ2n) is 24.5. The summed E-state index contributed by atoms with van der Waals surface area (Å²) in [5.74, 6) is -21.5. The fraction of sp³-hybridized carbons (Fsp3) is 0.171. The number of benzene rings is 11. The summed E-state index contributed by atoms with van der Waals surface area (Å²) < 4.78 is 233. The Morgan fingerprint density at radius 2 is 0.676 bits per heavy atom. The Morgan fingerprint density at radius 3 is 0.981 bits per heavy atom. The number of hydrogen-bond donors (Lipinski definition) is 0. The molecule has 0 bridgehead atoms. The van der Waals surface area contributed by atoms with Gasteiger partial charge in [-0.15, -0.1) is 0 Å². The molecule has 0 atom stereocenters. The first kappa shape index (κ1) is 81.6. The Morgan fingerprint density at radius 1 is 0.371 bits per heavy atom. The number of nitrogens with zero attached hydrogens (tertiary/aromatic N) is 3. The van der Waals surface area contributed by atoms with Crippen LogP contribution in [0, 0.1) is 166 Å². The molecular weight excluding hydrogens is 1420 g/mol. The quantitative estimate of drug-likeness (QED) is 0.0687. The van der Waals surface area contributed by atoms with E-state index in [1.807, 2.05) is 126 Å². The summed E-state index contributed by atoms with van der Waals surface area (Å²) >= 11 is 1.07. The minimum absolute atomic E-state index is 0.0833. The molecule has 0 saturated carbocycles. The van der Waals surface area contributed by atoms with Crippen molar-refractivity contribution in [1.29, 1.82) is 0 Å².